The summed E-state index contributed by atoms with van der Waals surface area (Å²) >= 11 is 0. The first kappa shape index (κ1) is 15.3. The predicted octanol–water partition coefficient (Wildman–Crippen LogP) is 3.42. The van der Waals surface area contributed by atoms with Crippen LogP contribution >= 0.6 is 0 Å². The molecule has 0 saturated heterocycles. The molecule has 0 spiro atoms. The Kier molecular flexibility index (Phi) is 4.07. The Morgan fingerprint density at radius 3 is 2.58 bits per heavy atom. The lowest BCUT2D eigenvalue weighted by Gasteiger charge is -2.23. The molecule has 0 heterocycles. The molecule has 0 aromatic heterocycles. The lowest BCUT2D eigenvalue weighted by Crippen LogP contribution is -2.39. The third-order valence-corrected chi connectivity index (χ3v) is 4.90. The van der Waals surface area contributed by atoms with Crippen molar-refractivity contribution in [3.8, 4) is 0 Å². The molecule has 2 N–H and O–H groups in total. The van der Waals surface area contributed by atoms with Gasteiger partial charge in [-0.05, 0) is 48.4 Å². The lowest BCUT2D eigenvalue weighted by molar-refractivity contribution is -0.123. The van der Waals surface area contributed by atoms with Crippen molar-refractivity contribution in [3.63, 3.8) is 0 Å². The van der Waals surface area contributed by atoms with Crippen LogP contribution in [0.4, 0.5) is 4.39 Å². The van der Waals surface area contributed by atoms with Gasteiger partial charge in [-0.2, -0.15) is 0 Å². The van der Waals surface area contributed by atoms with E-state index in [9.17, 15) is 9.18 Å². The molecule has 2 aromatic rings. The SMILES string of the molecule is O=C(NC1CC1)C(NC1CCc2c(F)cccc21)c1ccccc1. The molecule has 2 atom stereocenters. The van der Waals surface area contributed by atoms with Crippen LogP contribution in [-0.2, 0) is 11.2 Å². The van der Waals surface area contributed by atoms with Crippen LogP contribution in [-0.4, -0.2) is 11.9 Å². The van der Waals surface area contributed by atoms with E-state index in [4.69, 9.17) is 0 Å². The molecule has 0 radical (unpaired) electrons. The van der Waals surface area contributed by atoms with Crippen molar-refractivity contribution in [2.24, 2.45) is 0 Å². The molecule has 3 nitrogen and oxygen atoms in total. The highest BCUT2D eigenvalue weighted by Gasteiger charge is 2.32. The molecule has 4 rings (SSSR count). The summed E-state index contributed by atoms with van der Waals surface area (Å²) in [5, 5.41) is 6.56. The zero-order valence-electron chi connectivity index (χ0n) is 13.5. The number of amides is 1. The van der Waals surface area contributed by atoms with Gasteiger partial charge >= 0.3 is 0 Å². The molecule has 2 unspecified atom stereocenters. The minimum atomic E-state index is -0.411. The van der Waals surface area contributed by atoms with E-state index in [-0.39, 0.29) is 17.8 Å². The molecule has 2 aliphatic rings. The maximum Gasteiger partial charge on any atom is 0.241 e. The number of nitrogens with one attached hydrogen (secondary N) is 2. The second-order valence-electron chi connectivity index (χ2n) is 6.69. The minimum absolute atomic E-state index is 0.00543. The average Bonchev–Trinajstić information content (AvgIpc) is 3.31. The van der Waals surface area contributed by atoms with Crippen molar-refractivity contribution < 1.29 is 9.18 Å². The second-order valence-corrected chi connectivity index (χ2v) is 6.69. The van der Waals surface area contributed by atoms with Gasteiger partial charge in [0.25, 0.3) is 0 Å². The number of hydrogen-bond acceptors (Lipinski definition) is 2. The van der Waals surface area contributed by atoms with E-state index in [1.54, 1.807) is 6.07 Å². The molecule has 124 valence electrons. The van der Waals surface area contributed by atoms with Gasteiger partial charge in [0.2, 0.25) is 5.91 Å². The zero-order chi connectivity index (χ0) is 16.5. The van der Waals surface area contributed by atoms with Crippen LogP contribution in [0, 0.1) is 5.82 Å². The third kappa shape index (κ3) is 3.06. The van der Waals surface area contributed by atoms with Crippen LogP contribution in [0.2, 0.25) is 0 Å². The van der Waals surface area contributed by atoms with Crippen LogP contribution in [0.25, 0.3) is 0 Å². The predicted molar refractivity (Wildman–Crippen MR) is 90.9 cm³/mol. The van der Waals surface area contributed by atoms with E-state index < -0.39 is 6.04 Å². The lowest BCUT2D eigenvalue weighted by atomic mass is 10.0. The van der Waals surface area contributed by atoms with Gasteiger partial charge in [0.15, 0.2) is 0 Å². The van der Waals surface area contributed by atoms with Crippen molar-refractivity contribution in [2.75, 3.05) is 0 Å². The van der Waals surface area contributed by atoms with E-state index in [0.29, 0.717) is 12.5 Å². The van der Waals surface area contributed by atoms with Crippen LogP contribution in [0.15, 0.2) is 48.5 Å². The number of carbonyl (C=O) groups is 1. The summed E-state index contributed by atoms with van der Waals surface area (Å²) in [6, 6.07) is 14.9. The number of rotatable bonds is 5. The van der Waals surface area contributed by atoms with Crippen molar-refractivity contribution in [1.29, 1.82) is 0 Å². The molecule has 0 aliphatic heterocycles. The Balaban J connectivity index is 1.59. The smallest absolute Gasteiger partial charge is 0.241 e. The van der Waals surface area contributed by atoms with Gasteiger partial charge in [-0.1, -0.05) is 42.5 Å². The summed E-state index contributed by atoms with van der Waals surface area (Å²) in [5.74, 6) is -0.135. The summed E-state index contributed by atoms with van der Waals surface area (Å²) in [6.45, 7) is 0. The Labute approximate surface area is 141 Å². The van der Waals surface area contributed by atoms with Crippen LogP contribution in [0.5, 0.6) is 0 Å². The topological polar surface area (TPSA) is 41.1 Å². The molecule has 1 amide bonds. The fourth-order valence-corrected chi connectivity index (χ4v) is 3.46. The first-order valence-electron chi connectivity index (χ1n) is 8.61. The van der Waals surface area contributed by atoms with Crippen molar-refractivity contribution >= 4 is 5.91 Å². The van der Waals surface area contributed by atoms with Gasteiger partial charge in [-0.3, -0.25) is 10.1 Å². The summed E-state index contributed by atoms with van der Waals surface area (Å²) in [7, 11) is 0. The molecule has 2 aliphatic carbocycles. The van der Waals surface area contributed by atoms with Crippen LogP contribution in [0.1, 0.15) is 48.0 Å². The number of fused-ring (bicyclic) bond motifs is 1. The van der Waals surface area contributed by atoms with E-state index in [0.717, 1.165) is 36.0 Å². The molecular weight excluding hydrogens is 303 g/mol. The Morgan fingerprint density at radius 2 is 1.83 bits per heavy atom. The molecule has 24 heavy (non-hydrogen) atoms. The fourth-order valence-electron chi connectivity index (χ4n) is 3.46. The van der Waals surface area contributed by atoms with Gasteiger partial charge in [0.05, 0.1) is 0 Å². The van der Waals surface area contributed by atoms with E-state index in [1.807, 2.05) is 36.4 Å². The Hall–Kier alpha value is -2.20. The number of halogens is 1. The quantitative estimate of drug-likeness (QED) is 0.885. The highest BCUT2D eigenvalue weighted by molar-refractivity contribution is 5.83. The third-order valence-electron chi connectivity index (χ3n) is 4.90. The van der Waals surface area contributed by atoms with Gasteiger partial charge in [-0.15, -0.1) is 0 Å². The summed E-state index contributed by atoms with van der Waals surface area (Å²) in [6.07, 6.45) is 3.65. The molecule has 2 aromatic carbocycles. The number of hydrogen-bond donors (Lipinski definition) is 2. The van der Waals surface area contributed by atoms with Crippen molar-refractivity contribution in [1.82, 2.24) is 10.6 Å². The number of benzene rings is 2. The molecular formula is C20H21FN2O. The maximum absolute atomic E-state index is 14.0. The van der Waals surface area contributed by atoms with E-state index in [2.05, 4.69) is 10.6 Å². The molecule has 4 heteroatoms. The first-order chi connectivity index (χ1) is 11.7. The average molecular weight is 324 g/mol. The van der Waals surface area contributed by atoms with Gasteiger partial charge in [-0.25, -0.2) is 4.39 Å². The van der Waals surface area contributed by atoms with Crippen molar-refractivity contribution in [3.05, 3.63) is 71.0 Å². The monoisotopic (exact) mass is 324 g/mol. The highest BCUT2D eigenvalue weighted by atomic mass is 19.1. The van der Waals surface area contributed by atoms with E-state index in [1.165, 1.54) is 6.07 Å². The Morgan fingerprint density at radius 1 is 1.04 bits per heavy atom. The molecule has 0 bridgehead atoms. The normalized spacial score (nSPS) is 20.5. The highest BCUT2D eigenvalue weighted by Crippen LogP contribution is 2.34. The van der Waals surface area contributed by atoms with E-state index >= 15 is 0 Å². The molecule has 1 saturated carbocycles. The van der Waals surface area contributed by atoms with Crippen LogP contribution in [0.3, 0.4) is 0 Å². The summed E-state index contributed by atoms with van der Waals surface area (Å²) in [5.41, 5.74) is 2.71. The van der Waals surface area contributed by atoms with Crippen molar-refractivity contribution in [2.45, 2.75) is 43.8 Å². The minimum Gasteiger partial charge on any atom is -0.352 e. The Bertz CT molecular complexity index is 743. The molecule has 1 fully saturated rings. The number of carbonyl (C=O) groups excluding carboxylic acids is 1. The zero-order valence-corrected chi connectivity index (χ0v) is 13.5. The second kappa shape index (κ2) is 6.36. The maximum atomic E-state index is 14.0. The van der Waals surface area contributed by atoms with Gasteiger partial charge in [0.1, 0.15) is 11.9 Å². The fraction of sp³-hybridized carbons (Fsp3) is 0.350. The van der Waals surface area contributed by atoms with Crippen LogP contribution < -0.4 is 10.6 Å². The van der Waals surface area contributed by atoms with Gasteiger partial charge in [0, 0.05) is 12.1 Å². The largest absolute Gasteiger partial charge is 0.352 e. The van der Waals surface area contributed by atoms with Gasteiger partial charge < -0.3 is 5.32 Å². The summed E-state index contributed by atoms with van der Waals surface area (Å²) < 4.78 is 14.0. The summed E-state index contributed by atoms with van der Waals surface area (Å²) in [4.78, 5) is 12.7. The standard InChI is InChI=1S/C20H21FN2O/c21-17-8-4-7-16-15(17)11-12-18(16)23-19(13-5-2-1-3-6-13)20(24)22-14-9-10-14/h1-8,14,18-19,23H,9-12H2,(H,22,24). The first-order valence-corrected chi connectivity index (χ1v) is 8.61.